The molecule has 3 N–H and O–H groups in total. The standard InChI is InChI=1S/C10H16N2O/c1-3-4-9(13)10(2)5-6-11-7-8-12-10/h4-8,11-13H,3H2,1-2H3. The maximum absolute atomic E-state index is 9.74. The average molecular weight is 180 g/mol. The largest absolute Gasteiger partial charge is 0.510 e. The van der Waals surface area contributed by atoms with Crippen LogP contribution < -0.4 is 10.6 Å². The van der Waals surface area contributed by atoms with Crippen molar-refractivity contribution in [3.05, 3.63) is 36.5 Å². The minimum absolute atomic E-state index is 0.347. The molecular weight excluding hydrogens is 164 g/mol. The van der Waals surface area contributed by atoms with Gasteiger partial charge in [0.15, 0.2) is 0 Å². The van der Waals surface area contributed by atoms with Crippen molar-refractivity contribution in [2.45, 2.75) is 25.8 Å². The van der Waals surface area contributed by atoms with Crippen LogP contribution in [0, 0.1) is 0 Å². The Bertz CT molecular complexity index is 256. The van der Waals surface area contributed by atoms with Gasteiger partial charge in [-0.3, -0.25) is 0 Å². The van der Waals surface area contributed by atoms with E-state index < -0.39 is 5.54 Å². The van der Waals surface area contributed by atoms with E-state index in [2.05, 4.69) is 10.6 Å². The lowest BCUT2D eigenvalue weighted by Crippen LogP contribution is -2.38. The molecule has 0 aromatic carbocycles. The molecule has 0 aromatic rings. The van der Waals surface area contributed by atoms with Crippen LogP contribution in [0.15, 0.2) is 36.5 Å². The van der Waals surface area contributed by atoms with Crippen molar-refractivity contribution < 1.29 is 5.11 Å². The van der Waals surface area contributed by atoms with E-state index in [4.69, 9.17) is 0 Å². The first-order chi connectivity index (χ1) is 6.19. The van der Waals surface area contributed by atoms with Crippen molar-refractivity contribution in [1.82, 2.24) is 10.6 Å². The van der Waals surface area contributed by atoms with Gasteiger partial charge in [-0.15, -0.1) is 0 Å². The van der Waals surface area contributed by atoms with Crippen molar-refractivity contribution in [2.24, 2.45) is 0 Å². The molecule has 72 valence electrons. The van der Waals surface area contributed by atoms with Gasteiger partial charge >= 0.3 is 0 Å². The summed E-state index contributed by atoms with van der Waals surface area (Å²) >= 11 is 0. The maximum Gasteiger partial charge on any atom is 0.117 e. The number of hydrogen-bond acceptors (Lipinski definition) is 3. The molecule has 1 heterocycles. The van der Waals surface area contributed by atoms with Crippen LogP contribution in [-0.2, 0) is 0 Å². The normalized spacial score (nSPS) is 27.7. The van der Waals surface area contributed by atoms with Crippen molar-refractivity contribution in [2.75, 3.05) is 0 Å². The van der Waals surface area contributed by atoms with E-state index in [1.165, 1.54) is 0 Å². The molecule has 3 nitrogen and oxygen atoms in total. The Morgan fingerprint density at radius 1 is 1.46 bits per heavy atom. The smallest absolute Gasteiger partial charge is 0.117 e. The van der Waals surface area contributed by atoms with Crippen LogP contribution >= 0.6 is 0 Å². The van der Waals surface area contributed by atoms with Crippen molar-refractivity contribution >= 4 is 0 Å². The van der Waals surface area contributed by atoms with E-state index in [1.807, 2.05) is 19.9 Å². The molecule has 1 atom stereocenters. The highest BCUT2D eigenvalue weighted by Crippen LogP contribution is 2.17. The van der Waals surface area contributed by atoms with Gasteiger partial charge in [0.25, 0.3) is 0 Å². The van der Waals surface area contributed by atoms with E-state index in [9.17, 15) is 5.11 Å². The van der Waals surface area contributed by atoms with Crippen LogP contribution in [0.25, 0.3) is 0 Å². The Kier molecular flexibility index (Phi) is 3.01. The van der Waals surface area contributed by atoms with Gasteiger partial charge in [0, 0.05) is 12.4 Å². The number of allylic oxidation sites excluding steroid dienone is 1. The van der Waals surface area contributed by atoms with Gasteiger partial charge in [-0.05, 0) is 31.7 Å². The van der Waals surface area contributed by atoms with Crippen LogP contribution in [-0.4, -0.2) is 10.6 Å². The summed E-state index contributed by atoms with van der Waals surface area (Å²) in [4.78, 5) is 0. The second-order valence-electron chi connectivity index (χ2n) is 3.18. The Morgan fingerprint density at radius 2 is 2.23 bits per heavy atom. The molecule has 1 aliphatic rings. The second-order valence-corrected chi connectivity index (χ2v) is 3.18. The molecule has 0 spiro atoms. The lowest BCUT2D eigenvalue weighted by Gasteiger charge is -2.24. The third-order valence-corrected chi connectivity index (χ3v) is 2.01. The third-order valence-electron chi connectivity index (χ3n) is 2.01. The number of rotatable bonds is 2. The number of aliphatic hydroxyl groups excluding tert-OH is 1. The minimum Gasteiger partial charge on any atom is -0.510 e. The van der Waals surface area contributed by atoms with Gasteiger partial charge in [-0.25, -0.2) is 0 Å². The van der Waals surface area contributed by atoms with Crippen LogP contribution in [0.1, 0.15) is 20.3 Å². The molecule has 13 heavy (non-hydrogen) atoms. The predicted molar refractivity (Wildman–Crippen MR) is 54.0 cm³/mol. The quantitative estimate of drug-likeness (QED) is 0.567. The summed E-state index contributed by atoms with van der Waals surface area (Å²) in [7, 11) is 0. The molecule has 0 radical (unpaired) electrons. The number of hydrogen-bond donors (Lipinski definition) is 3. The van der Waals surface area contributed by atoms with Gasteiger partial charge in [-0.2, -0.15) is 0 Å². The van der Waals surface area contributed by atoms with Gasteiger partial charge in [0.2, 0.25) is 0 Å². The zero-order valence-corrected chi connectivity index (χ0v) is 8.04. The van der Waals surface area contributed by atoms with Gasteiger partial charge in [-0.1, -0.05) is 6.92 Å². The molecular formula is C10H16N2O. The lowest BCUT2D eigenvalue weighted by molar-refractivity contribution is 0.318. The highest BCUT2D eigenvalue weighted by molar-refractivity contribution is 5.24. The van der Waals surface area contributed by atoms with Gasteiger partial charge in [0.05, 0.1) is 0 Å². The Morgan fingerprint density at radius 3 is 2.92 bits per heavy atom. The average Bonchev–Trinajstić information content (AvgIpc) is 2.32. The third kappa shape index (κ3) is 2.28. The van der Waals surface area contributed by atoms with Gasteiger partial charge < -0.3 is 15.7 Å². The van der Waals surface area contributed by atoms with E-state index in [0.29, 0.717) is 5.76 Å². The zero-order chi connectivity index (χ0) is 9.73. The fourth-order valence-corrected chi connectivity index (χ4v) is 1.15. The second kappa shape index (κ2) is 4.03. The molecule has 0 fully saturated rings. The summed E-state index contributed by atoms with van der Waals surface area (Å²) in [6, 6.07) is 0. The predicted octanol–water partition coefficient (Wildman–Crippen LogP) is 1.77. The zero-order valence-electron chi connectivity index (χ0n) is 8.04. The Hall–Kier alpha value is -1.38. The summed E-state index contributed by atoms with van der Waals surface area (Å²) in [6.45, 7) is 3.91. The highest BCUT2D eigenvalue weighted by atomic mass is 16.3. The molecule has 3 heteroatoms. The van der Waals surface area contributed by atoms with Crippen LogP contribution in [0.5, 0.6) is 0 Å². The Balaban J connectivity index is 2.84. The van der Waals surface area contributed by atoms with Crippen LogP contribution in [0.2, 0.25) is 0 Å². The number of nitrogens with one attached hydrogen (secondary N) is 2. The van der Waals surface area contributed by atoms with E-state index in [-0.39, 0.29) is 0 Å². The summed E-state index contributed by atoms with van der Waals surface area (Å²) < 4.78 is 0. The molecule has 0 saturated carbocycles. The van der Waals surface area contributed by atoms with Crippen LogP contribution in [0.4, 0.5) is 0 Å². The minimum atomic E-state index is -0.490. The maximum atomic E-state index is 9.74. The molecule has 0 amide bonds. The van der Waals surface area contributed by atoms with E-state index in [0.717, 1.165) is 6.42 Å². The summed E-state index contributed by atoms with van der Waals surface area (Å²) in [5, 5.41) is 15.8. The van der Waals surface area contributed by atoms with Crippen molar-refractivity contribution in [3.63, 3.8) is 0 Å². The molecule has 1 rings (SSSR count). The topological polar surface area (TPSA) is 44.3 Å². The molecule has 0 aromatic heterocycles. The number of aliphatic hydroxyl groups is 1. The fraction of sp³-hybridized carbons (Fsp3) is 0.400. The monoisotopic (exact) mass is 180 g/mol. The molecule has 0 aliphatic carbocycles. The van der Waals surface area contributed by atoms with E-state index in [1.54, 1.807) is 24.7 Å². The first-order valence-electron chi connectivity index (χ1n) is 4.45. The molecule has 0 bridgehead atoms. The first-order valence-corrected chi connectivity index (χ1v) is 4.45. The molecule has 1 unspecified atom stereocenters. The highest BCUT2D eigenvalue weighted by Gasteiger charge is 2.24. The Labute approximate surface area is 78.8 Å². The lowest BCUT2D eigenvalue weighted by atomic mass is 9.99. The van der Waals surface area contributed by atoms with Gasteiger partial charge in [0.1, 0.15) is 11.3 Å². The molecule has 0 saturated heterocycles. The van der Waals surface area contributed by atoms with E-state index >= 15 is 0 Å². The molecule has 1 aliphatic heterocycles. The van der Waals surface area contributed by atoms with Crippen molar-refractivity contribution in [3.8, 4) is 0 Å². The SMILES string of the molecule is CCC=C(O)C1(C)C=CNC=CN1. The summed E-state index contributed by atoms with van der Waals surface area (Å²) in [5.74, 6) is 0.347. The summed E-state index contributed by atoms with van der Waals surface area (Å²) in [5.41, 5.74) is -0.490. The summed E-state index contributed by atoms with van der Waals surface area (Å²) in [6.07, 6.45) is 9.87. The fourth-order valence-electron chi connectivity index (χ4n) is 1.15. The first kappa shape index (κ1) is 9.71. The van der Waals surface area contributed by atoms with Crippen molar-refractivity contribution in [1.29, 1.82) is 0 Å². The van der Waals surface area contributed by atoms with Crippen LogP contribution in [0.3, 0.4) is 0 Å².